The number of amides is 1. The first-order chi connectivity index (χ1) is 15.9. The third-order valence-electron chi connectivity index (χ3n) is 6.28. The summed E-state index contributed by atoms with van der Waals surface area (Å²) >= 11 is 0. The molecular weight excluding hydrogens is 438 g/mol. The number of likely N-dealkylation sites (tertiary alicyclic amines) is 1. The zero-order chi connectivity index (χ0) is 23.3. The van der Waals surface area contributed by atoms with Gasteiger partial charge in [0.25, 0.3) is 5.91 Å². The molecule has 0 radical (unpaired) electrons. The molecule has 2 aromatic rings. The number of carbonyl (C=O) groups excluding carboxylic acids is 1. The van der Waals surface area contributed by atoms with Crippen molar-refractivity contribution in [2.75, 3.05) is 30.2 Å². The molecule has 7 nitrogen and oxygen atoms in total. The molecule has 33 heavy (non-hydrogen) atoms. The maximum Gasteiger partial charge on any atom is 0.261 e. The average Bonchev–Trinajstić information content (AvgIpc) is 3.17. The van der Waals surface area contributed by atoms with E-state index in [0.717, 1.165) is 12.1 Å². The van der Waals surface area contributed by atoms with Crippen LogP contribution in [0.2, 0.25) is 0 Å². The number of nitrogens with zero attached hydrogens (tertiary/aromatic N) is 2. The number of hydrogen-bond acceptors (Lipinski definition) is 5. The summed E-state index contributed by atoms with van der Waals surface area (Å²) in [6.45, 7) is 3.90. The monoisotopic (exact) mass is 471 g/mol. The van der Waals surface area contributed by atoms with Gasteiger partial charge in [0.1, 0.15) is 5.75 Å². The Bertz CT molecular complexity index is 1050. The van der Waals surface area contributed by atoms with E-state index in [-0.39, 0.29) is 18.9 Å². The van der Waals surface area contributed by atoms with Gasteiger partial charge in [0.2, 0.25) is 10.0 Å². The minimum atomic E-state index is -3.47. The van der Waals surface area contributed by atoms with Gasteiger partial charge in [-0.2, -0.15) is 0 Å². The molecule has 8 heteroatoms. The van der Waals surface area contributed by atoms with Crippen molar-refractivity contribution in [1.29, 1.82) is 0 Å². The van der Waals surface area contributed by atoms with E-state index in [4.69, 9.17) is 4.74 Å². The number of hydrogen-bond donors (Lipinski definition) is 1. The fraction of sp³-hybridized carbons (Fsp3) is 0.480. The van der Waals surface area contributed by atoms with Gasteiger partial charge < -0.3 is 10.1 Å². The maximum atomic E-state index is 12.8. The minimum absolute atomic E-state index is 0.194. The Balaban J connectivity index is 1.34. The van der Waals surface area contributed by atoms with E-state index in [1.807, 2.05) is 0 Å². The van der Waals surface area contributed by atoms with Gasteiger partial charge >= 0.3 is 0 Å². The van der Waals surface area contributed by atoms with Gasteiger partial charge in [0.05, 0.1) is 11.9 Å². The number of carbonyl (C=O) groups is 1. The van der Waals surface area contributed by atoms with E-state index < -0.39 is 16.1 Å². The third kappa shape index (κ3) is 6.26. The number of sulfonamides is 1. The van der Waals surface area contributed by atoms with Crippen LogP contribution < -0.4 is 14.4 Å². The molecule has 1 saturated heterocycles. The fourth-order valence-corrected chi connectivity index (χ4v) is 5.42. The van der Waals surface area contributed by atoms with Crippen molar-refractivity contribution in [3.05, 3.63) is 59.7 Å². The summed E-state index contributed by atoms with van der Waals surface area (Å²) in [6.07, 6.45) is 5.91. The molecule has 0 aliphatic carbocycles. The average molecular weight is 472 g/mol. The lowest BCUT2D eigenvalue weighted by atomic mass is 10.1. The summed E-state index contributed by atoms with van der Waals surface area (Å²) in [4.78, 5) is 15.4. The fourth-order valence-electron chi connectivity index (χ4n) is 4.48. The van der Waals surface area contributed by atoms with Crippen molar-refractivity contribution in [2.45, 2.75) is 51.3 Å². The molecule has 1 fully saturated rings. The molecule has 2 aromatic carbocycles. The number of fused-ring (bicyclic) bond motifs is 1. The molecule has 1 atom stereocenters. The van der Waals surface area contributed by atoms with E-state index in [1.54, 1.807) is 24.3 Å². The third-order valence-corrected chi connectivity index (χ3v) is 7.46. The Labute approximate surface area is 196 Å². The number of rotatable bonds is 6. The molecule has 178 valence electrons. The van der Waals surface area contributed by atoms with Crippen LogP contribution in [0.5, 0.6) is 5.75 Å². The topological polar surface area (TPSA) is 79.0 Å². The Morgan fingerprint density at radius 2 is 1.64 bits per heavy atom. The highest BCUT2D eigenvalue weighted by molar-refractivity contribution is 7.92. The predicted octanol–water partition coefficient (Wildman–Crippen LogP) is 3.30. The van der Waals surface area contributed by atoms with Gasteiger partial charge in [-0.1, -0.05) is 49.2 Å². The Morgan fingerprint density at radius 3 is 2.33 bits per heavy atom. The molecule has 1 unspecified atom stereocenters. The SMILES string of the molecule is CS(=O)(=O)N1CCC(C(=O)NCc2ccc(CN3CCCCCC3)cc2)Oc2ccccc21. The normalized spacial score (nSPS) is 19.7. The quantitative estimate of drug-likeness (QED) is 0.699. The lowest BCUT2D eigenvalue weighted by Crippen LogP contribution is -2.39. The predicted molar refractivity (Wildman–Crippen MR) is 130 cm³/mol. The number of ether oxygens (including phenoxy) is 1. The number of benzene rings is 2. The number of para-hydroxylation sites is 2. The van der Waals surface area contributed by atoms with Gasteiger partial charge in [0, 0.05) is 26.1 Å². The molecule has 0 bridgehead atoms. The summed E-state index contributed by atoms with van der Waals surface area (Å²) in [7, 11) is -3.47. The van der Waals surface area contributed by atoms with Crippen LogP contribution in [0.25, 0.3) is 0 Å². The van der Waals surface area contributed by atoms with Gasteiger partial charge in [-0.3, -0.25) is 14.0 Å². The first-order valence-corrected chi connectivity index (χ1v) is 13.6. The second-order valence-electron chi connectivity index (χ2n) is 8.92. The summed E-state index contributed by atoms with van der Waals surface area (Å²) in [6, 6.07) is 15.3. The van der Waals surface area contributed by atoms with E-state index in [2.05, 4.69) is 34.5 Å². The second kappa shape index (κ2) is 10.6. The Kier molecular flexibility index (Phi) is 7.55. The molecule has 2 aliphatic heterocycles. The van der Waals surface area contributed by atoms with E-state index >= 15 is 0 Å². The van der Waals surface area contributed by atoms with Gasteiger partial charge in [-0.25, -0.2) is 8.42 Å². The standard InChI is InChI=1S/C25H33N3O4S/c1-33(30,31)28-17-14-24(32-23-9-5-4-8-22(23)28)25(29)26-18-20-10-12-21(13-11-20)19-27-15-6-2-3-7-16-27/h4-5,8-13,24H,2-3,6-7,14-19H2,1H3,(H,26,29). The van der Waals surface area contributed by atoms with E-state index in [0.29, 0.717) is 18.0 Å². The molecule has 0 spiro atoms. The van der Waals surface area contributed by atoms with E-state index in [9.17, 15) is 13.2 Å². The molecular formula is C25H33N3O4S. The van der Waals surface area contributed by atoms with E-state index in [1.165, 1.54) is 54.9 Å². The molecule has 0 saturated carbocycles. The van der Waals surface area contributed by atoms with Crippen LogP contribution in [-0.2, 0) is 27.9 Å². The molecule has 2 heterocycles. The largest absolute Gasteiger partial charge is 0.478 e. The van der Waals surface area contributed by atoms with Crippen LogP contribution in [-0.4, -0.2) is 51.2 Å². The van der Waals surface area contributed by atoms with Crippen molar-refractivity contribution in [1.82, 2.24) is 10.2 Å². The zero-order valence-corrected chi connectivity index (χ0v) is 20.0. The highest BCUT2D eigenvalue weighted by Crippen LogP contribution is 2.33. The molecule has 4 rings (SSSR count). The highest BCUT2D eigenvalue weighted by Gasteiger charge is 2.30. The van der Waals surface area contributed by atoms with Crippen LogP contribution >= 0.6 is 0 Å². The second-order valence-corrected chi connectivity index (χ2v) is 10.8. The van der Waals surface area contributed by atoms with Crippen LogP contribution in [0.4, 0.5) is 5.69 Å². The van der Waals surface area contributed by atoms with Crippen molar-refractivity contribution in [3.63, 3.8) is 0 Å². The van der Waals surface area contributed by atoms with Crippen molar-refractivity contribution < 1.29 is 17.9 Å². The van der Waals surface area contributed by atoms with Crippen molar-refractivity contribution in [2.24, 2.45) is 0 Å². The zero-order valence-electron chi connectivity index (χ0n) is 19.2. The van der Waals surface area contributed by atoms with Gasteiger partial charge in [-0.15, -0.1) is 0 Å². The van der Waals surface area contributed by atoms with Crippen LogP contribution in [0.1, 0.15) is 43.2 Å². The van der Waals surface area contributed by atoms with Crippen molar-refractivity contribution in [3.8, 4) is 5.75 Å². The van der Waals surface area contributed by atoms with Gasteiger partial charge in [-0.05, 0) is 49.2 Å². The lowest BCUT2D eigenvalue weighted by Gasteiger charge is -2.20. The van der Waals surface area contributed by atoms with Crippen LogP contribution in [0.15, 0.2) is 48.5 Å². The minimum Gasteiger partial charge on any atom is -0.478 e. The van der Waals surface area contributed by atoms with Crippen molar-refractivity contribution >= 4 is 21.6 Å². The highest BCUT2D eigenvalue weighted by atomic mass is 32.2. The van der Waals surface area contributed by atoms with Gasteiger partial charge in [0.15, 0.2) is 6.10 Å². The maximum absolute atomic E-state index is 12.8. The first kappa shape index (κ1) is 23.6. The summed E-state index contributed by atoms with van der Waals surface area (Å²) < 4.78 is 31.7. The Hall–Kier alpha value is -2.58. The molecule has 0 aromatic heterocycles. The Morgan fingerprint density at radius 1 is 0.970 bits per heavy atom. The van der Waals surface area contributed by atoms with Crippen LogP contribution in [0.3, 0.4) is 0 Å². The first-order valence-electron chi connectivity index (χ1n) is 11.7. The number of anilines is 1. The summed E-state index contributed by atoms with van der Waals surface area (Å²) in [5, 5.41) is 2.95. The smallest absolute Gasteiger partial charge is 0.261 e. The molecule has 1 N–H and O–H groups in total. The van der Waals surface area contributed by atoms with Crippen LogP contribution in [0, 0.1) is 0 Å². The molecule has 2 aliphatic rings. The molecule has 1 amide bonds. The summed E-state index contributed by atoms with van der Waals surface area (Å²) in [5.41, 5.74) is 2.78. The number of nitrogens with one attached hydrogen (secondary N) is 1. The summed E-state index contributed by atoms with van der Waals surface area (Å²) in [5.74, 6) is 0.159. The lowest BCUT2D eigenvalue weighted by molar-refractivity contribution is -0.128.